The van der Waals surface area contributed by atoms with Gasteiger partial charge in [0, 0.05) is 6.07 Å². The first-order valence-electron chi connectivity index (χ1n) is 5.18. The minimum Gasteiger partial charge on any atom is -0.493 e. The molecule has 0 aliphatic heterocycles. The van der Waals surface area contributed by atoms with E-state index in [0.717, 1.165) is 18.3 Å². The fourth-order valence-electron chi connectivity index (χ4n) is 1.58. The van der Waals surface area contributed by atoms with Gasteiger partial charge >= 0.3 is 0 Å². The van der Waals surface area contributed by atoms with E-state index in [1.165, 1.54) is 19.3 Å². The second kappa shape index (κ2) is 4.73. The van der Waals surface area contributed by atoms with Crippen LogP contribution in [0.25, 0.3) is 0 Å². The topological polar surface area (TPSA) is 47.3 Å². The maximum absolute atomic E-state index is 5.90. The molecule has 0 radical (unpaired) electrons. The Labute approximate surface area is 94.5 Å². The van der Waals surface area contributed by atoms with E-state index in [1.807, 2.05) is 12.1 Å². The molecule has 0 atom stereocenters. The highest BCUT2D eigenvalue weighted by Crippen LogP contribution is 2.29. The van der Waals surface area contributed by atoms with E-state index < -0.39 is 0 Å². The summed E-state index contributed by atoms with van der Waals surface area (Å²) in [6.07, 6.45) is 3.91. The fraction of sp³-hybridized carbons (Fsp3) is 0.455. The van der Waals surface area contributed by atoms with Gasteiger partial charge in [-0.1, -0.05) is 18.0 Å². The summed E-state index contributed by atoms with van der Waals surface area (Å²) in [6.45, 7) is 0.797. The first kappa shape index (κ1) is 10.6. The van der Waals surface area contributed by atoms with Crippen LogP contribution >= 0.6 is 11.6 Å². The number of rotatable bonds is 4. The molecule has 0 spiro atoms. The van der Waals surface area contributed by atoms with Crippen molar-refractivity contribution in [2.75, 3.05) is 12.0 Å². The number of halogens is 1. The number of hydrogen-bond donors (Lipinski definition) is 2. The van der Waals surface area contributed by atoms with Crippen molar-refractivity contribution in [2.45, 2.75) is 19.3 Å². The van der Waals surface area contributed by atoms with Crippen molar-refractivity contribution < 1.29 is 4.74 Å². The summed E-state index contributed by atoms with van der Waals surface area (Å²) in [5, 5.41) is 0.605. The van der Waals surface area contributed by atoms with Gasteiger partial charge in [0.15, 0.2) is 0 Å². The third kappa shape index (κ3) is 2.55. The van der Waals surface area contributed by atoms with E-state index >= 15 is 0 Å². The molecule has 1 aliphatic carbocycles. The van der Waals surface area contributed by atoms with Crippen LogP contribution < -0.4 is 16.0 Å². The van der Waals surface area contributed by atoms with E-state index in [2.05, 4.69) is 5.43 Å². The van der Waals surface area contributed by atoms with E-state index in [9.17, 15) is 0 Å². The van der Waals surface area contributed by atoms with Crippen LogP contribution in [0.4, 0.5) is 5.69 Å². The second-order valence-corrected chi connectivity index (χ2v) is 4.30. The Morgan fingerprint density at radius 3 is 2.87 bits per heavy atom. The van der Waals surface area contributed by atoms with Crippen LogP contribution in [0, 0.1) is 5.92 Å². The SMILES string of the molecule is NNc1cc(OCC2CCC2)ccc1Cl. The van der Waals surface area contributed by atoms with E-state index in [-0.39, 0.29) is 0 Å². The largest absolute Gasteiger partial charge is 0.493 e. The van der Waals surface area contributed by atoms with Gasteiger partial charge in [-0.05, 0) is 30.9 Å². The van der Waals surface area contributed by atoms with Crippen LogP contribution in [0.1, 0.15) is 19.3 Å². The Bertz CT molecular complexity index is 339. The fourth-order valence-corrected chi connectivity index (χ4v) is 1.75. The number of nitrogens with two attached hydrogens (primary N) is 1. The summed E-state index contributed by atoms with van der Waals surface area (Å²) in [5.74, 6) is 6.87. The van der Waals surface area contributed by atoms with Gasteiger partial charge in [-0.15, -0.1) is 0 Å². The summed E-state index contributed by atoms with van der Waals surface area (Å²) < 4.78 is 5.65. The molecule has 1 fully saturated rings. The van der Waals surface area contributed by atoms with Crippen molar-refractivity contribution in [1.82, 2.24) is 0 Å². The molecule has 0 bridgehead atoms. The molecule has 4 heteroatoms. The van der Waals surface area contributed by atoms with Crippen molar-refractivity contribution in [2.24, 2.45) is 11.8 Å². The van der Waals surface area contributed by atoms with Gasteiger partial charge < -0.3 is 10.2 Å². The Hall–Kier alpha value is -0.930. The molecular formula is C11H15ClN2O. The minimum atomic E-state index is 0.605. The van der Waals surface area contributed by atoms with E-state index in [0.29, 0.717) is 10.7 Å². The molecule has 1 aliphatic rings. The molecule has 0 heterocycles. The monoisotopic (exact) mass is 226 g/mol. The molecule has 1 aromatic rings. The molecular weight excluding hydrogens is 212 g/mol. The number of hydrogen-bond acceptors (Lipinski definition) is 3. The van der Waals surface area contributed by atoms with Crippen molar-refractivity contribution in [3.8, 4) is 5.75 Å². The van der Waals surface area contributed by atoms with Crippen molar-refractivity contribution in [3.63, 3.8) is 0 Å². The minimum absolute atomic E-state index is 0.605. The van der Waals surface area contributed by atoms with Crippen molar-refractivity contribution >= 4 is 17.3 Å². The molecule has 15 heavy (non-hydrogen) atoms. The standard InChI is InChI=1S/C11H15ClN2O/c12-10-5-4-9(6-11(10)14-13)15-7-8-2-1-3-8/h4-6,8,14H,1-3,7,13H2. The van der Waals surface area contributed by atoms with Crippen molar-refractivity contribution in [1.29, 1.82) is 0 Å². The maximum atomic E-state index is 5.90. The van der Waals surface area contributed by atoms with Crippen LogP contribution in [-0.4, -0.2) is 6.61 Å². The van der Waals surface area contributed by atoms with E-state index in [1.54, 1.807) is 6.07 Å². The van der Waals surface area contributed by atoms with E-state index in [4.69, 9.17) is 22.2 Å². The van der Waals surface area contributed by atoms with Gasteiger partial charge in [-0.25, -0.2) is 0 Å². The van der Waals surface area contributed by atoms with Gasteiger partial charge in [-0.2, -0.15) is 0 Å². The summed E-state index contributed by atoms with van der Waals surface area (Å²) in [5.41, 5.74) is 3.24. The third-order valence-corrected chi connectivity index (χ3v) is 3.13. The second-order valence-electron chi connectivity index (χ2n) is 3.89. The average molecular weight is 227 g/mol. The van der Waals surface area contributed by atoms with Gasteiger partial charge in [0.05, 0.1) is 17.3 Å². The van der Waals surface area contributed by atoms with Gasteiger partial charge in [-0.3, -0.25) is 5.84 Å². The van der Waals surface area contributed by atoms with Gasteiger partial charge in [0.2, 0.25) is 0 Å². The lowest BCUT2D eigenvalue weighted by molar-refractivity contribution is 0.180. The van der Waals surface area contributed by atoms with Crippen LogP contribution in [0.5, 0.6) is 5.75 Å². The summed E-state index contributed by atoms with van der Waals surface area (Å²) in [6, 6.07) is 5.47. The highest BCUT2D eigenvalue weighted by molar-refractivity contribution is 6.33. The Morgan fingerprint density at radius 2 is 2.27 bits per heavy atom. The number of benzene rings is 1. The highest BCUT2D eigenvalue weighted by atomic mass is 35.5. The Kier molecular flexibility index (Phi) is 3.34. The third-order valence-electron chi connectivity index (χ3n) is 2.80. The zero-order chi connectivity index (χ0) is 10.7. The van der Waals surface area contributed by atoms with Gasteiger partial charge in [0.25, 0.3) is 0 Å². The molecule has 0 saturated heterocycles. The Balaban J connectivity index is 1.95. The summed E-state index contributed by atoms with van der Waals surface area (Å²) >= 11 is 5.90. The first-order valence-corrected chi connectivity index (χ1v) is 5.56. The molecule has 2 rings (SSSR count). The predicted molar refractivity (Wildman–Crippen MR) is 62.1 cm³/mol. The molecule has 0 amide bonds. The molecule has 0 unspecified atom stereocenters. The predicted octanol–water partition coefficient (Wildman–Crippen LogP) is 2.80. The van der Waals surface area contributed by atoms with Crippen molar-refractivity contribution in [3.05, 3.63) is 23.2 Å². The van der Waals surface area contributed by atoms with Crippen LogP contribution in [-0.2, 0) is 0 Å². The lowest BCUT2D eigenvalue weighted by atomic mass is 9.86. The smallest absolute Gasteiger partial charge is 0.121 e. The zero-order valence-electron chi connectivity index (χ0n) is 8.50. The number of hydrazine groups is 1. The lowest BCUT2D eigenvalue weighted by Crippen LogP contribution is -2.19. The maximum Gasteiger partial charge on any atom is 0.121 e. The quantitative estimate of drug-likeness (QED) is 0.613. The number of nitrogen functional groups attached to an aromatic ring is 1. The zero-order valence-corrected chi connectivity index (χ0v) is 9.26. The Morgan fingerprint density at radius 1 is 1.47 bits per heavy atom. The van der Waals surface area contributed by atoms with Gasteiger partial charge in [0.1, 0.15) is 5.75 Å². The molecule has 3 nitrogen and oxygen atoms in total. The normalized spacial score (nSPS) is 15.9. The van der Waals surface area contributed by atoms with Crippen LogP contribution in [0.15, 0.2) is 18.2 Å². The lowest BCUT2D eigenvalue weighted by Gasteiger charge is -2.25. The van der Waals surface area contributed by atoms with Crippen LogP contribution in [0.2, 0.25) is 5.02 Å². The average Bonchev–Trinajstić information content (AvgIpc) is 2.18. The van der Waals surface area contributed by atoms with Crippen LogP contribution in [0.3, 0.4) is 0 Å². The number of nitrogens with one attached hydrogen (secondary N) is 1. The highest BCUT2D eigenvalue weighted by Gasteiger charge is 2.17. The molecule has 1 aromatic carbocycles. The molecule has 82 valence electrons. The first-order chi connectivity index (χ1) is 7.29. The summed E-state index contributed by atoms with van der Waals surface area (Å²) in [7, 11) is 0. The molecule has 1 saturated carbocycles. The number of anilines is 1. The molecule has 3 N–H and O–H groups in total. The molecule has 0 aromatic heterocycles. The summed E-state index contributed by atoms with van der Waals surface area (Å²) in [4.78, 5) is 0. The number of ether oxygens (including phenoxy) is 1.